The fourth-order valence-electron chi connectivity index (χ4n) is 6.17. The Labute approximate surface area is 233 Å². The molecule has 0 saturated carbocycles. The number of hydrogen-bond acceptors (Lipinski definition) is 1. The summed E-state index contributed by atoms with van der Waals surface area (Å²) >= 11 is 0. The summed E-state index contributed by atoms with van der Waals surface area (Å²) in [6, 6.07) is 50.8. The van der Waals surface area contributed by atoms with E-state index in [1.54, 1.807) is 0 Å². The molecule has 1 heterocycles. The van der Waals surface area contributed by atoms with Gasteiger partial charge in [-0.25, -0.2) is 0 Å². The van der Waals surface area contributed by atoms with Crippen molar-refractivity contribution >= 4 is 32.3 Å². The zero-order valence-corrected chi connectivity index (χ0v) is 21.9. The minimum absolute atomic E-state index is 1.18. The van der Waals surface area contributed by atoms with Crippen molar-refractivity contribution in [2.24, 2.45) is 0 Å². The highest BCUT2D eigenvalue weighted by molar-refractivity contribution is 6.28. The van der Waals surface area contributed by atoms with Crippen molar-refractivity contribution in [3.63, 3.8) is 0 Å². The van der Waals surface area contributed by atoms with Crippen LogP contribution in [0.2, 0.25) is 0 Å². The summed E-state index contributed by atoms with van der Waals surface area (Å²) in [6.07, 6.45) is 3.69. The van der Waals surface area contributed by atoms with Crippen molar-refractivity contribution in [1.29, 1.82) is 0 Å². The van der Waals surface area contributed by atoms with Crippen LogP contribution in [-0.4, -0.2) is 4.98 Å². The summed E-state index contributed by atoms with van der Waals surface area (Å²) in [5.41, 5.74) is 9.81. The molecule has 0 saturated heterocycles. The summed E-state index contributed by atoms with van der Waals surface area (Å²) in [6.45, 7) is 0. The Morgan fingerprint density at radius 2 is 0.800 bits per heavy atom. The van der Waals surface area contributed by atoms with Gasteiger partial charge in [0.2, 0.25) is 0 Å². The predicted octanol–water partition coefficient (Wildman–Crippen LogP) is 10.6. The van der Waals surface area contributed by atoms with Crippen LogP contribution in [0, 0.1) is 0 Å². The zero-order valence-electron chi connectivity index (χ0n) is 21.9. The first-order valence-corrected chi connectivity index (χ1v) is 13.7. The second-order valence-corrected chi connectivity index (χ2v) is 10.4. The maximum atomic E-state index is 4.17. The van der Waals surface area contributed by atoms with E-state index in [0.29, 0.717) is 0 Å². The molecule has 0 bridgehead atoms. The van der Waals surface area contributed by atoms with Gasteiger partial charge < -0.3 is 0 Å². The van der Waals surface area contributed by atoms with E-state index in [4.69, 9.17) is 0 Å². The van der Waals surface area contributed by atoms with E-state index in [2.05, 4.69) is 145 Å². The number of hydrogen-bond donors (Lipinski definition) is 0. The maximum absolute atomic E-state index is 4.17. The Morgan fingerprint density at radius 1 is 0.325 bits per heavy atom. The van der Waals surface area contributed by atoms with Crippen molar-refractivity contribution < 1.29 is 0 Å². The van der Waals surface area contributed by atoms with Crippen molar-refractivity contribution in [3.05, 3.63) is 152 Å². The highest BCUT2D eigenvalue weighted by Gasteiger charge is 2.16. The fraction of sp³-hybridized carbons (Fsp3) is 0. The average Bonchev–Trinajstić information content (AvgIpc) is 3.04. The minimum Gasteiger partial charge on any atom is -0.265 e. The maximum Gasteiger partial charge on any atom is 0.0273 e. The van der Waals surface area contributed by atoms with Gasteiger partial charge in [0.05, 0.1) is 0 Å². The van der Waals surface area contributed by atoms with Gasteiger partial charge in [0.1, 0.15) is 0 Å². The topological polar surface area (TPSA) is 12.9 Å². The van der Waals surface area contributed by atoms with Crippen LogP contribution in [0.1, 0.15) is 0 Å². The van der Waals surface area contributed by atoms with Crippen LogP contribution in [0.4, 0.5) is 0 Å². The van der Waals surface area contributed by atoms with E-state index in [-0.39, 0.29) is 0 Å². The molecule has 0 amide bonds. The molecule has 1 heteroatoms. The highest BCUT2D eigenvalue weighted by Crippen LogP contribution is 2.44. The average molecular weight is 508 g/mol. The van der Waals surface area contributed by atoms with Gasteiger partial charge in [-0.3, -0.25) is 4.98 Å². The monoisotopic (exact) mass is 507 g/mol. The molecule has 1 aromatic heterocycles. The summed E-state index contributed by atoms with van der Waals surface area (Å²) in [5, 5.41) is 7.84. The first kappa shape index (κ1) is 22.7. The van der Waals surface area contributed by atoms with Crippen LogP contribution < -0.4 is 0 Å². The molecule has 0 aliphatic carbocycles. The molecule has 0 N–H and O–H groups in total. The smallest absolute Gasteiger partial charge is 0.0273 e. The van der Waals surface area contributed by atoms with Gasteiger partial charge in [-0.05, 0) is 95.0 Å². The van der Waals surface area contributed by atoms with E-state index in [1.165, 1.54) is 76.8 Å². The van der Waals surface area contributed by atoms with Gasteiger partial charge in [-0.2, -0.15) is 0 Å². The summed E-state index contributed by atoms with van der Waals surface area (Å²) in [7, 11) is 0. The van der Waals surface area contributed by atoms with Crippen LogP contribution in [0.15, 0.2) is 152 Å². The van der Waals surface area contributed by atoms with Crippen LogP contribution in [0.25, 0.3) is 76.8 Å². The van der Waals surface area contributed by atoms with Gasteiger partial charge >= 0.3 is 0 Å². The van der Waals surface area contributed by atoms with Gasteiger partial charge in [-0.1, -0.05) is 121 Å². The predicted molar refractivity (Wildman–Crippen MR) is 170 cm³/mol. The number of aromatic nitrogens is 1. The van der Waals surface area contributed by atoms with E-state index in [1.807, 2.05) is 12.4 Å². The lowest BCUT2D eigenvalue weighted by atomic mass is 9.85. The van der Waals surface area contributed by atoms with E-state index >= 15 is 0 Å². The van der Waals surface area contributed by atoms with Crippen LogP contribution in [0.3, 0.4) is 0 Å². The van der Waals surface area contributed by atoms with Crippen molar-refractivity contribution in [2.45, 2.75) is 0 Å². The van der Waals surface area contributed by atoms with Gasteiger partial charge in [0.15, 0.2) is 0 Å². The summed E-state index contributed by atoms with van der Waals surface area (Å²) in [5.74, 6) is 0. The first-order valence-electron chi connectivity index (χ1n) is 13.7. The second kappa shape index (κ2) is 9.18. The Bertz CT molecular complexity index is 1960. The Morgan fingerprint density at radius 3 is 1.35 bits per heavy atom. The molecule has 40 heavy (non-hydrogen) atoms. The molecule has 0 fully saturated rings. The molecule has 0 radical (unpaired) electrons. The Hall–Kier alpha value is -5.27. The van der Waals surface area contributed by atoms with E-state index < -0.39 is 0 Å². The molecular formula is C39H25N. The summed E-state index contributed by atoms with van der Waals surface area (Å²) < 4.78 is 0. The third-order valence-corrected chi connectivity index (χ3v) is 8.16. The molecular weight excluding hydrogens is 482 g/mol. The lowest BCUT2D eigenvalue weighted by molar-refractivity contribution is 1.33. The SMILES string of the molecule is c1ccc(-c2ccc(-c3cc(-c4ccc(-c5ccncc5)cc4)c4ccc5cccc6ccc3c4c65)cc2)cc1. The molecule has 0 spiro atoms. The van der Waals surface area contributed by atoms with E-state index in [0.717, 1.165) is 0 Å². The summed E-state index contributed by atoms with van der Waals surface area (Å²) in [4.78, 5) is 4.17. The molecule has 8 aromatic rings. The lowest BCUT2D eigenvalue weighted by Gasteiger charge is -2.18. The zero-order chi connectivity index (χ0) is 26.5. The molecule has 186 valence electrons. The standard InChI is InChI=1S/C39H25N/c1-2-5-26(6-3-1)27-9-13-30(14-10-27)36-25-37(31-15-11-28(12-16-31)29-21-23-40-24-22-29)35-20-18-33-8-4-7-32-17-19-34(36)39(35)38(32)33/h1-25H. The molecule has 1 nitrogen and oxygen atoms in total. The molecule has 0 aliphatic rings. The number of benzene rings is 7. The van der Waals surface area contributed by atoms with Gasteiger partial charge in [-0.15, -0.1) is 0 Å². The normalized spacial score (nSPS) is 11.5. The molecule has 0 aliphatic heterocycles. The van der Waals surface area contributed by atoms with Crippen LogP contribution in [-0.2, 0) is 0 Å². The molecule has 7 aromatic carbocycles. The largest absolute Gasteiger partial charge is 0.265 e. The number of nitrogens with zero attached hydrogens (tertiary/aromatic N) is 1. The lowest BCUT2D eigenvalue weighted by Crippen LogP contribution is -1.91. The van der Waals surface area contributed by atoms with Crippen molar-refractivity contribution in [3.8, 4) is 44.5 Å². The van der Waals surface area contributed by atoms with E-state index in [9.17, 15) is 0 Å². The third-order valence-electron chi connectivity index (χ3n) is 8.16. The number of pyridine rings is 1. The Kier molecular flexibility index (Phi) is 5.21. The molecule has 0 atom stereocenters. The van der Waals surface area contributed by atoms with Crippen molar-refractivity contribution in [1.82, 2.24) is 4.98 Å². The van der Waals surface area contributed by atoms with Gasteiger partial charge in [0, 0.05) is 12.4 Å². The molecule has 0 unspecified atom stereocenters. The quantitative estimate of drug-likeness (QED) is 0.216. The fourth-order valence-corrected chi connectivity index (χ4v) is 6.17. The van der Waals surface area contributed by atoms with Gasteiger partial charge in [0.25, 0.3) is 0 Å². The van der Waals surface area contributed by atoms with Crippen molar-refractivity contribution in [2.75, 3.05) is 0 Å². The highest BCUT2D eigenvalue weighted by atomic mass is 14.6. The second-order valence-electron chi connectivity index (χ2n) is 10.4. The molecule has 8 rings (SSSR count). The third kappa shape index (κ3) is 3.67. The number of rotatable bonds is 4. The van der Waals surface area contributed by atoms with Crippen LogP contribution in [0.5, 0.6) is 0 Å². The minimum atomic E-state index is 1.18. The first-order chi connectivity index (χ1) is 19.8. The Balaban J connectivity index is 1.36. The van der Waals surface area contributed by atoms with Crippen LogP contribution >= 0.6 is 0 Å².